The van der Waals surface area contributed by atoms with E-state index in [0.717, 1.165) is 24.2 Å². The molecule has 1 heterocycles. The van der Waals surface area contributed by atoms with E-state index in [2.05, 4.69) is 41.4 Å². The minimum atomic E-state index is -0.0278. The highest BCUT2D eigenvalue weighted by Gasteiger charge is 2.15. The van der Waals surface area contributed by atoms with Gasteiger partial charge in [0.05, 0.1) is 0 Å². The van der Waals surface area contributed by atoms with E-state index in [9.17, 15) is 4.79 Å². The van der Waals surface area contributed by atoms with Crippen molar-refractivity contribution < 1.29 is 9.53 Å². The Hall–Kier alpha value is -2.46. The van der Waals surface area contributed by atoms with E-state index in [1.165, 1.54) is 16.3 Å². The largest absolute Gasteiger partial charge is 0.375 e. The second-order valence-electron chi connectivity index (χ2n) is 5.81. The highest BCUT2D eigenvalue weighted by molar-refractivity contribution is 5.97. The molecule has 2 aromatic carbocycles. The summed E-state index contributed by atoms with van der Waals surface area (Å²) in [6, 6.07) is 12.5. The van der Waals surface area contributed by atoms with Gasteiger partial charge < -0.3 is 9.64 Å². The maximum atomic E-state index is 12.2. The van der Waals surface area contributed by atoms with E-state index < -0.39 is 0 Å². The molecule has 1 aliphatic rings. The molecule has 0 saturated carbocycles. The van der Waals surface area contributed by atoms with Gasteiger partial charge in [0.15, 0.2) is 0 Å². The molecule has 2 aromatic rings. The average molecular weight is 322 g/mol. The van der Waals surface area contributed by atoms with Gasteiger partial charge in [-0.15, -0.1) is 0 Å². The summed E-state index contributed by atoms with van der Waals surface area (Å²) in [6.07, 6.45) is 5.83. The molecule has 0 aromatic heterocycles. The number of fused-ring (bicyclic) bond motifs is 1. The van der Waals surface area contributed by atoms with Crippen molar-refractivity contribution in [2.75, 3.05) is 25.2 Å². The molecule has 124 valence electrons. The molecule has 0 radical (unpaired) electrons. The van der Waals surface area contributed by atoms with Crippen molar-refractivity contribution >= 4 is 28.6 Å². The van der Waals surface area contributed by atoms with Gasteiger partial charge in [-0.2, -0.15) is 0 Å². The standard InChI is InChI=1S/C20H22N2O2/c1-3-22(20(23)14-24-2)18-10-9-15-6-4-7-16(19(15)13-18)12-17-8-5-11-21-17/h4,6-11,13H,3,5,12,14H2,1-2H3. The molecule has 0 spiro atoms. The molecule has 0 fully saturated rings. The van der Waals surface area contributed by atoms with Crippen LogP contribution in [0.5, 0.6) is 0 Å². The zero-order valence-electron chi connectivity index (χ0n) is 14.2. The summed E-state index contributed by atoms with van der Waals surface area (Å²) in [5.41, 5.74) is 3.24. The van der Waals surface area contributed by atoms with Crippen LogP contribution in [0.3, 0.4) is 0 Å². The molecule has 1 aliphatic heterocycles. The first-order chi connectivity index (χ1) is 11.7. The summed E-state index contributed by atoms with van der Waals surface area (Å²) >= 11 is 0. The number of methoxy groups -OCH3 is 1. The van der Waals surface area contributed by atoms with Crippen molar-refractivity contribution in [1.29, 1.82) is 0 Å². The third-order valence-corrected chi connectivity index (χ3v) is 4.24. The molecule has 4 heteroatoms. The Morgan fingerprint density at radius 2 is 2.17 bits per heavy atom. The number of rotatable bonds is 6. The van der Waals surface area contributed by atoms with Crippen LogP contribution < -0.4 is 4.90 Å². The first kappa shape index (κ1) is 16.4. The molecular weight excluding hydrogens is 300 g/mol. The number of allylic oxidation sites excluding steroid dienone is 2. The Morgan fingerprint density at radius 3 is 2.88 bits per heavy atom. The summed E-state index contributed by atoms with van der Waals surface area (Å²) < 4.78 is 4.99. The third-order valence-electron chi connectivity index (χ3n) is 4.24. The molecule has 0 atom stereocenters. The normalized spacial score (nSPS) is 13.3. The molecule has 24 heavy (non-hydrogen) atoms. The van der Waals surface area contributed by atoms with E-state index >= 15 is 0 Å². The number of ether oxygens (including phenoxy) is 1. The van der Waals surface area contributed by atoms with Crippen LogP contribution in [0.25, 0.3) is 10.8 Å². The number of likely N-dealkylation sites (N-methyl/N-ethyl adjacent to an activating group) is 1. The van der Waals surface area contributed by atoms with E-state index in [0.29, 0.717) is 6.54 Å². The topological polar surface area (TPSA) is 41.9 Å². The van der Waals surface area contributed by atoms with Crippen LogP contribution >= 0.6 is 0 Å². The van der Waals surface area contributed by atoms with Gasteiger partial charge in [-0.25, -0.2) is 0 Å². The van der Waals surface area contributed by atoms with Crippen LogP contribution in [0.2, 0.25) is 0 Å². The van der Waals surface area contributed by atoms with Crippen LogP contribution in [0.15, 0.2) is 53.2 Å². The Morgan fingerprint density at radius 1 is 1.29 bits per heavy atom. The van der Waals surface area contributed by atoms with Gasteiger partial charge in [-0.1, -0.05) is 30.3 Å². The lowest BCUT2D eigenvalue weighted by Gasteiger charge is -2.21. The summed E-state index contributed by atoms with van der Waals surface area (Å²) in [5, 5.41) is 2.34. The van der Waals surface area contributed by atoms with E-state index in [4.69, 9.17) is 4.74 Å². The summed E-state index contributed by atoms with van der Waals surface area (Å²) in [7, 11) is 1.54. The molecule has 1 amide bonds. The quantitative estimate of drug-likeness (QED) is 0.813. The molecule has 0 N–H and O–H groups in total. The van der Waals surface area contributed by atoms with Crippen molar-refractivity contribution in [3.63, 3.8) is 0 Å². The zero-order chi connectivity index (χ0) is 16.9. The number of amides is 1. The SMILES string of the molecule is CCN(C(=O)COC)c1ccc2cccc(CC3=CCC=N3)c2c1. The maximum absolute atomic E-state index is 12.2. The Bertz CT molecular complexity index is 808. The summed E-state index contributed by atoms with van der Waals surface area (Å²) in [6.45, 7) is 2.68. The fraction of sp³-hybridized carbons (Fsp3) is 0.300. The Balaban J connectivity index is 1.99. The molecule has 0 bridgehead atoms. The number of aliphatic imine (C=N–C) groups is 1. The lowest BCUT2D eigenvalue weighted by molar-refractivity contribution is -0.122. The van der Waals surface area contributed by atoms with Crippen molar-refractivity contribution in [2.24, 2.45) is 4.99 Å². The van der Waals surface area contributed by atoms with Crippen LogP contribution in [-0.4, -0.2) is 32.4 Å². The first-order valence-corrected chi connectivity index (χ1v) is 8.25. The average Bonchev–Trinajstić information content (AvgIpc) is 3.09. The van der Waals surface area contributed by atoms with Crippen molar-refractivity contribution in [3.8, 4) is 0 Å². The molecule has 0 unspecified atom stereocenters. The third kappa shape index (κ3) is 3.39. The fourth-order valence-corrected chi connectivity index (χ4v) is 3.08. The van der Waals surface area contributed by atoms with E-state index in [1.807, 2.05) is 19.2 Å². The van der Waals surface area contributed by atoms with Crippen LogP contribution in [0.4, 0.5) is 5.69 Å². The first-order valence-electron chi connectivity index (χ1n) is 8.25. The van der Waals surface area contributed by atoms with Gasteiger partial charge in [0.1, 0.15) is 6.61 Å². The molecule has 3 rings (SSSR count). The van der Waals surface area contributed by atoms with Crippen molar-refractivity contribution in [1.82, 2.24) is 0 Å². The van der Waals surface area contributed by atoms with Gasteiger partial charge in [-0.05, 0) is 35.4 Å². The number of hydrogen-bond donors (Lipinski definition) is 0. The minimum Gasteiger partial charge on any atom is -0.375 e. The zero-order valence-corrected chi connectivity index (χ0v) is 14.2. The molecule has 0 saturated heterocycles. The lowest BCUT2D eigenvalue weighted by atomic mass is 10.00. The Labute approximate surface area is 142 Å². The van der Waals surface area contributed by atoms with Gasteiger partial charge >= 0.3 is 0 Å². The van der Waals surface area contributed by atoms with Crippen molar-refractivity contribution in [3.05, 3.63) is 53.7 Å². The predicted molar refractivity (Wildman–Crippen MR) is 98.7 cm³/mol. The van der Waals surface area contributed by atoms with Crippen molar-refractivity contribution in [2.45, 2.75) is 19.8 Å². The number of carbonyl (C=O) groups excluding carboxylic acids is 1. The van der Waals surface area contributed by atoms with E-state index in [-0.39, 0.29) is 12.5 Å². The number of nitrogens with zero attached hydrogens (tertiary/aromatic N) is 2. The Kier molecular flexibility index (Phi) is 5.06. The summed E-state index contributed by atoms with van der Waals surface area (Å²) in [4.78, 5) is 18.4. The second-order valence-corrected chi connectivity index (χ2v) is 5.81. The van der Waals surface area contributed by atoms with Gasteiger partial charge in [0.25, 0.3) is 5.91 Å². The highest BCUT2D eigenvalue weighted by atomic mass is 16.5. The number of carbonyl (C=O) groups is 1. The fourth-order valence-electron chi connectivity index (χ4n) is 3.08. The number of hydrogen-bond acceptors (Lipinski definition) is 3. The minimum absolute atomic E-state index is 0.0278. The highest BCUT2D eigenvalue weighted by Crippen LogP contribution is 2.27. The second kappa shape index (κ2) is 7.41. The monoisotopic (exact) mass is 322 g/mol. The van der Waals surface area contributed by atoms with Crippen LogP contribution in [0, 0.1) is 0 Å². The molecule has 4 nitrogen and oxygen atoms in total. The number of anilines is 1. The molecular formula is C20H22N2O2. The van der Waals surface area contributed by atoms with E-state index in [1.54, 1.807) is 12.0 Å². The lowest BCUT2D eigenvalue weighted by Crippen LogP contribution is -2.33. The van der Waals surface area contributed by atoms with Gasteiger partial charge in [0.2, 0.25) is 0 Å². The van der Waals surface area contributed by atoms with Gasteiger partial charge in [-0.3, -0.25) is 9.79 Å². The van der Waals surface area contributed by atoms with Crippen LogP contribution in [0.1, 0.15) is 18.9 Å². The van der Waals surface area contributed by atoms with Crippen LogP contribution in [-0.2, 0) is 16.0 Å². The smallest absolute Gasteiger partial charge is 0.252 e. The maximum Gasteiger partial charge on any atom is 0.252 e. The summed E-state index contributed by atoms with van der Waals surface area (Å²) in [5.74, 6) is -0.0278. The number of benzene rings is 2. The molecule has 0 aliphatic carbocycles. The predicted octanol–water partition coefficient (Wildman–Crippen LogP) is 3.74. The van der Waals surface area contributed by atoms with Gasteiger partial charge in [0, 0.05) is 44.1 Å².